The average molecular weight is 588 g/mol. The predicted octanol–water partition coefficient (Wildman–Crippen LogP) is 7.00. The van der Waals surface area contributed by atoms with Crippen LogP contribution in [0.4, 0.5) is 11.5 Å². The minimum atomic E-state index is -0.572. The van der Waals surface area contributed by atoms with Gasteiger partial charge >= 0.3 is 0 Å². The summed E-state index contributed by atoms with van der Waals surface area (Å²) in [6.45, 7) is 2.00. The number of aromatic nitrogens is 2. The highest BCUT2D eigenvalue weighted by atomic mass is 16.2. The van der Waals surface area contributed by atoms with Gasteiger partial charge in [0.2, 0.25) is 5.91 Å². The van der Waals surface area contributed by atoms with Crippen LogP contribution >= 0.6 is 0 Å². The number of anilines is 2. The van der Waals surface area contributed by atoms with Crippen LogP contribution in [-0.2, 0) is 11.8 Å². The van der Waals surface area contributed by atoms with Crippen LogP contribution < -0.4 is 15.5 Å². The van der Waals surface area contributed by atoms with Crippen molar-refractivity contribution in [1.29, 1.82) is 0 Å². The lowest BCUT2D eigenvalue weighted by Gasteiger charge is -2.31. The highest BCUT2D eigenvalue weighted by Gasteiger charge is 2.30. The summed E-state index contributed by atoms with van der Waals surface area (Å²) in [4.78, 5) is 34.4. The van der Waals surface area contributed by atoms with E-state index < -0.39 is 5.92 Å². The first-order chi connectivity index (χ1) is 21.3. The molecule has 2 heterocycles. The number of Topliss-reactive ketones (excluding diaryl/α,β-unsaturated/α-hetero) is 1. The molecule has 1 fully saturated rings. The normalized spacial score (nSPS) is 17.4. The number of carbonyl (C=O) groups excluding carboxylic acids is 2. The number of hydrogen-bond donors (Lipinski definition) is 2. The number of nitrogens with one attached hydrogen (secondary N) is 2. The second-order valence-corrected chi connectivity index (χ2v) is 12.4. The summed E-state index contributed by atoms with van der Waals surface area (Å²) in [5.41, 5.74) is 5.80. The SMILES string of the molecule is Cc1ccc(C(=O)CC(C(=O)N[C@H]2CC[C@@H](Nc3cc(N(C)C)c4ccccc4n3)CC2)c2cn(C)c3ccccc23)cc1. The molecular formula is C37H41N5O2. The Hall–Kier alpha value is -4.65. The van der Waals surface area contributed by atoms with Crippen molar-refractivity contribution in [3.63, 3.8) is 0 Å². The van der Waals surface area contributed by atoms with E-state index in [0.717, 1.165) is 70.1 Å². The van der Waals surface area contributed by atoms with E-state index in [1.54, 1.807) is 0 Å². The number of pyridine rings is 1. The van der Waals surface area contributed by atoms with Crippen LogP contribution in [0.5, 0.6) is 0 Å². The molecule has 44 heavy (non-hydrogen) atoms. The molecule has 1 atom stereocenters. The van der Waals surface area contributed by atoms with Crippen LogP contribution in [0.3, 0.4) is 0 Å². The molecule has 1 aliphatic rings. The summed E-state index contributed by atoms with van der Waals surface area (Å²) in [6.07, 6.45) is 5.73. The third kappa shape index (κ3) is 6.18. The van der Waals surface area contributed by atoms with E-state index in [0.29, 0.717) is 5.56 Å². The zero-order valence-corrected chi connectivity index (χ0v) is 26.0. The van der Waals surface area contributed by atoms with E-state index in [4.69, 9.17) is 4.98 Å². The standard InChI is InChI=1S/C37H41N5O2/c1-24-13-15-25(16-14-24)35(43)21-30(31-23-42(4)33-12-8-6-9-28(31)33)37(44)39-27-19-17-26(18-20-27)38-36-22-34(41(2)3)29-10-5-7-11-32(29)40-36/h5-16,22-23,26-27,30H,17-21H2,1-4H3,(H,38,40)(H,39,44)/t26-,27+,30?. The fraction of sp³-hybridized carbons (Fsp3) is 0.324. The Morgan fingerprint density at radius 2 is 1.57 bits per heavy atom. The lowest BCUT2D eigenvalue weighted by atomic mass is 9.88. The summed E-state index contributed by atoms with van der Waals surface area (Å²) < 4.78 is 2.04. The minimum Gasteiger partial charge on any atom is -0.377 e. The number of amides is 1. The zero-order valence-electron chi connectivity index (χ0n) is 26.0. The molecule has 0 bridgehead atoms. The Balaban J connectivity index is 1.16. The average Bonchev–Trinajstić information content (AvgIpc) is 3.36. The van der Waals surface area contributed by atoms with Crippen molar-refractivity contribution in [3.05, 3.63) is 102 Å². The number of ketones is 1. The minimum absolute atomic E-state index is 0.0222. The van der Waals surface area contributed by atoms with Gasteiger partial charge in [0.25, 0.3) is 0 Å². The van der Waals surface area contributed by atoms with Crippen LogP contribution in [0.15, 0.2) is 85.1 Å². The maximum absolute atomic E-state index is 14.0. The molecule has 0 aliphatic heterocycles. The summed E-state index contributed by atoms with van der Waals surface area (Å²) in [5, 5.41) is 9.15. The number of benzene rings is 3. The van der Waals surface area contributed by atoms with E-state index in [-0.39, 0.29) is 30.2 Å². The molecule has 3 aromatic carbocycles. The first-order valence-corrected chi connectivity index (χ1v) is 15.5. The first-order valence-electron chi connectivity index (χ1n) is 15.5. The summed E-state index contributed by atoms with van der Waals surface area (Å²) >= 11 is 0. The molecule has 0 saturated heterocycles. The van der Waals surface area contributed by atoms with Gasteiger partial charge in [0, 0.05) is 79.5 Å². The van der Waals surface area contributed by atoms with Gasteiger partial charge in [-0.3, -0.25) is 9.59 Å². The maximum atomic E-state index is 14.0. The Morgan fingerprint density at radius 3 is 2.30 bits per heavy atom. The molecule has 0 radical (unpaired) electrons. The number of fused-ring (bicyclic) bond motifs is 2. The molecule has 0 spiro atoms. The van der Waals surface area contributed by atoms with Crippen molar-refractivity contribution in [1.82, 2.24) is 14.9 Å². The largest absolute Gasteiger partial charge is 0.377 e. The van der Waals surface area contributed by atoms with Gasteiger partial charge in [0.1, 0.15) is 5.82 Å². The van der Waals surface area contributed by atoms with Gasteiger partial charge in [-0.15, -0.1) is 0 Å². The second-order valence-electron chi connectivity index (χ2n) is 12.4. The first kappa shape index (κ1) is 29.4. The van der Waals surface area contributed by atoms with Gasteiger partial charge < -0.3 is 20.1 Å². The molecule has 7 nitrogen and oxygen atoms in total. The molecule has 1 saturated carbocycles. The Bertz CT molecular complexity index is 1800. The summed E-state index contributed by atoms with van der Waals surface area (Å²) in [5.74, 6) is 0.207. The number of aryl methyl sites for hydroxylation is 2. The Labute approximate surface area is 259 Å². The third-order valence-electron chi connectivity index (χ3n) is 8.98. The van der Waals surface area contributed by atoms with Crippen molar-refractivity contribution in [2.24, 2.45) is 7.05 Å². The molecule has 7 heteroatoms. The van der Waals surface area contributed by atoms with E-state index in [1.165, 1.54) is 0 Å². The molecule has 226 valence electrons. The summed E-state index contributed by atoms with van der Waals surface area (Å²) in [6, 6.07) is 26.4. The van der Waals surface area contributed by atoms with E-state index in [9.17, 15) is 9.59 Å². The topological polar surface area (TPSA) is 79.3 Å². The highest BCUT2D eigenvalue weighted by Crippen LogP contribution is 2.33. The maximum Gasteiger partial charge on any atom is 0.228 e. The highest BCUT2D eigenvalue weighted by molar-refractivity contribution is 6.02. The van der Waals surface area contributed by atoms with E-state index >= 15 is 0 Å². The van der Waals surface area contributed by atoms with Crippen LogP contribution in [0, 0.1) is 6.92 Å². The molecule has 1 amide bonds. The van der Waals surface area contributed by atoms with Crippen molar-refractivity contribution in [2.45, 2.75) is 57.0 Å². The molecular weight excluding hydrogens is 546 g/mol. The molecule has 6 rings (SSSR count). The van der Waals surface area contributed by atoms with Gasteiger partial charge in [-0.1, -0.05) is 66.2 Å². The smallest absolute Gasteiger partial charge is 0.228 e. The van der Waals surface area contributed by atoms with Gasteiger partial charge in [-0.25, -0.2) is 4.98 Å². The van der Waals surface area contributed by atoms with Gasteiger partial charge in [-0.2, -0.15) is 0 Å². The molecule has 1 aliphatic carbocycles. The van der Waals surface area contributed by atoms with E-state index in [2.05, 4.69) is 53.9 Å². The predicted molar refractivity (Wildman–Crippen MR) is 180 cm³/mol. The Morgan fingerprint density at radius 1 is 0.909 bits per heavy atom. The molecule has 2 aromatic heterocycles. The van der Waals surface area contributed by atoms with Crippen LogP contribution in [0.2, 0.25) is 0 Å². The second kappa shape index (κ2) is 12.5. The van der Waals surface area contributed by atoms with Gasteiger partial charge in [-0.05, 0) is 50.3 Å². The van der Waals surface area contributed by atoms with Crippen molar-refractivity contribution in [3.8, 4) is 0 Å². The number of rotatable bonds is 9. The third-order valence-corrected chi connectivity index (χ3v) is 8.98. The van der Waals surface area contributed by atoms with E-state index in [1.807, 2.05) is 79.3 Å². The molecule has 5 aromatic rings. The summed E-state index contributed by atoms with van der Waals surface area (Å²) in [7, 11) is 6.10. The van der Waals surface area contributed by atoms with Crippen LogP contribution in [-0.4, -0.2) is 47.4 Å². The lowest BCUT2D eigenvalue weighted by molar-refractivity contribution is -0.123. The molecule has 2 N–H and O–H groups in total. The van der Waals surface area contributed by atoms with Crippen LogP contribution in [0.1, 0.15) is 59.5 Å². The zero-order chi connectivity index (χ0) is 30.8. The lowest BCUT2D eigenvalue weighted by Crippen LogP contribution is -2.42. The van der Waals surface area contributed by atoms with Crippen LogP contribution in [0.25, 0.3) is 21.8 Å². The van der Waals surface area contributed by atoms with Crippen molar-refractivity contribution in [2.75, 3.05) is 24.3 Å². The fourth-order valence-electron chi connectivity index (χ4n) is 6.53. The van der Waals surface area contributed by atoms with Crippen molar-refractivity contribution >= 4 is 45.0 Å². The molecule has 1 unspecified atom stereocenters. The monoisotopic (exact) mass is 587 g/mol. The number of para-hydroxylation sites is 2. The number of nitrogens with zero attached hydrogens (tertiary/aromatic N) is 3. The van der Waals surface area contributed by atoms with Gasteiger partial charge in [0.05, 0.1) is 11.4 Å². The number of hydrogen-bond acceptors (Lipinski definition) is 5. The quantitative estimate of drug-likeness (QED) is 0.182. The van der Waals surface area contributed by atoms with Crippen molar-refractivity contribution < 1.29 is 9.59 Å². The fourth-order valence-corrected chi connectivity index (χ4v) is 6.53. The Kier molecular flexibility index (Phi) is 8.38. The number of carbonyl (C=O) groups is 2. The van der Waals surface area contributed by atoms with Gasteiger partial charge in [0.15, 0.2) is 5.78 Å².